The number of benzene rings is 2. The van der Waals surface area contributed by atoms with E-state index < -0.39 is 11.6 Å². The molecule has 0 unspecified atom stereocenters. The number of ether oxygens (including phenoxy) is 2. The van der Waals surface area contributed by atoms with E-state index in [-0.39, 0.29) is 0 Å². The molecule has 0 radical (unpaired) electrons. The zero-order chi connectivity index (χ0) is 23.6. The van der Waals surface area contributed by atoms with Crippen LogP contribution in [0, 0.1) is 0 Å². The number of carbonyl (C=O) groups excluding carboxylic acids is 1. The minimum absolute atomic E-state index is 0.394. The van der Waals surface area contributed by atoms with Crippen molar-refractivity contribution in [3.63, 3.8) is 0 Å². The highest BCUT2D eigenvalue weighted by Crippen LogP contribution is 2.28. The molecule has 0 aliphatic heterocycles. The molecule has 2 amide bonds. The Bertz CT molecular complexity index is 951. The summed E-state index contributed by atoms with van der Waals surface area (Å²) in [5.41, 5.74) is 5.74. The predicted molar refractivity (Wildman–Crippen MR) is 131 cm³/mol. The van der Waals surface area contributed by atoms with Gasteiger partial charge in [0, 0.05) is 0 Å². The second kappa shape index (κ2) is 11.9. The lowest BCUT2D eigenvalue weighted by Gasteiger charge is -2.27. The van der Waals surface area contributed by atoms with Crippen molar-refractivity contribution in [2.75, 3.05) is 13.7 Å². The smallest absolute Gasteiger partial charge is 0.335 e. The molecule has 2 aromatic rings. The monoisotopic (exact) mass is 437 g/mol. The van der Waals surface area contributed by atoms with Crippen molar-refractivity contribution < 1.29 is 14.3 Å². The van der Waals surface area contributed by atoms with E-state index in [0.29, 0.717) is 18.1 Å². The highest BCUT2D eigenvalue weighted by molar-refractivity contribution is 5.83. The SMILES string of the molecule is C=C(C)c1cccc(C(C)(C)NC(=O)NN=Cc2ccc(OCCCCC)c(OC)c2)c1. The third kappa shape index (κ3) is 7.45. The summed E-state index contributed by atoms with van der Waals surface area (Å²) in [6, 6.07) is 13.1. The summed E-state index contributed by atoms with van der Waals surface area (Å²) in [5, 5.41) is 7.01. The second-order valence-corrected chi connectivity index (χ2v) is 8.28. The molecule has 0 aromatic heterocycles. The number of allylic oxidation sites excluding steroid dienone is 1. The number of hydrogen-bond donors (Lipinski definition) is 2. The number of hydrazone groups is 1. The first-order chi connectivity index (χ1) is 15.3. The van der Waals surface area contributed by atoms with Crippen LogP contribution in [0.3, 0.4) is 0 Å². The van der Waals surface area contributed by atoms with E-state index in [9.17, 15) is 4.79 Å². The summed E-state index contributed by atoms with van der Waals surface area (Å²) in [5.74, 6) is 1.33. The molecular formula is C26H35N3O3. The minimum atomic E-state index is -0.578. The van der Waals surface area contributed by atoms with Crippen molar-refractivity contribution in [2.45, 2.75) is 52.5 Å². The number of hydrogen-bond acceptors (Lipinski definition) is 4. The van der Waals surface area contributed by atoms with Gasteiger partial charge in [0.1, 0.15) is 0 Å². The Kier molecular flexibility index (Phi) is 9.32. The van der Waals surface area contributed by atoms with Gasteiger partial charge in [-0.1, -0.05) is 50.1 Å². The van der Waals surface area contributed by atoms with Gasteiger partial charge in [-0.05, 0) is 68.1 Å². The van der Waals surface area contributed by atoms with Crippen LogP contribution >= 0.6 is 0 Å². The molecule has 0 saturated heterocycles. The van der Waals surface area contributed by atoms with Gasteiger partial charge in [0.05, 0.1) is 25.5 Å². The molecule has 2 N–H and O–H groups in total. The van der Waals surface area contributed by atoms with Crippen LogP contribution in [0.25, 0.3) is 5.57 Å². The van der Waals surface area contributed by atoms with Crippen LogP contribution in [0.5, 0.6) is 11.5 Å². The molecule has 6 heteroatoms. The van der Waals surface area contributed by atoms with E-state index in [0.717, 1.165) is 41.5 Å². The molecule has 0 heterocycles. The Morgan fingerprint density at radius 1 is 1.16 bits per heavy atom. The number of nitrogens with one attached hydrogen (secondary N) is 2. The lowest BCUT2D eigenvalue weighted by atomic mass is 9.92. The van der Waals surface area contributed by atoms with Crippen molar-refractivity contribution in [1.29, 1.82) is 0 Å². The maximum absolute atomic E-state index is 12.4. The van der Waals surface area contributed by atoms with Gasteiger partial charge < -0.3 is 14.8 Å². The van der Waals surface area contributed by atoms with E-state index in [1.54, 1.807) is 13.3 Å². The maximum atomic E-state index is 12.4. The molecule has 0 aliphatic carbocycles. The van der Waals surface area contributed by atoms with Crippen LogP contribution in [0.15, 0.2) is 54.1 Å². The first kappa shape index (κ1) is 25.0. The van der Waals surface area contributed by atoms with Gasteiger partial charge in [0.25, 0.3) is 0 Å². The highest BCUT2D eigenvalue weighted by atomic mass is 16.5. The summed E-state index contributed by atoms with van der Waals surface area (Å²) < 4.78 is 11.2. The molecule has 172 valence electrons. The maximum Gasteiger partial charge on any atom is 0.335 e. The molecular weight excluding hydrogens is 402 g/mol. The minimum Gasteiger partial charge on any atom is -0.493 e. The molecule has 0 spiro atoms. The third-order valence-electron chi connectivity index (χ3n) is 5.08. The van der Waals surface area contributed by atoms with Gasteiger partial charge in [-0.15, -0.1) is 0 Å². The van der Waals surface area contributed by atoms with Crippen LogP contribution in [0.4, 0.5) is 4.79 Å². The summed E-state index contributed by atoms with van der Waals surface area (Å²) in [6.45, 7) is 12.6. The van der Waals surface area contributed by atoms with Crippen LogP contribution < -0.4 is 20.2 Å². The van der Waals surface area contributed by atoms with E-state index in [1.165, 1.54) is 0 Å². The fourth-order valence-corrected chi connectivity index (χ4v) is 3.14. The summed E-state index contributed by atoms with van der Waals surface area (Å²) in [7, 11) is 1.60. The fourth-order valence-electron chi connectivity index (χ4n) is 3.14. The molecule has 6 nitrogen and oxygen atoms in total. The number of unbranched alkanes of at least 4 members (excludes halogenated alkanes) is 2. The largest absolute Gasteiger partial charge is 0.493 e. The van der Waals surface area contributed by atoms with Crippen LogP contribution in [-0.4, -0.2) is 26.0 Å². The summed E-state index contributed by atoms with van der Waals surface area (Å²) >= 11 is 0. The van der Waals surface area contributed by atoms with Crippen LogP contribution in [0.2, 0.25) is 0 Å². The van der Waals surface area contributed by atoms with Gasteiger partial charge in [-0.25, -0.2) is 10.2 Å². The van der Waals surface area contributed by atoms with E-state index in [4.69, 9.17) is 9.47 Å². The summed E-state index contributed by atoms with van der Waals surface area (Å²) in [4.78, 5) is 12.4. The number of carbonyl (C=O) groups is 1. The number of urea groups is 1. The van der Waals surface area contributed by atoms with Crippen molar-refractivity contribution in [3.8, 4) is 11.5 Å². The highest BCUT2D eigenvalue weighted by Gasteiger charge is 2.23. The number of amides is 2. The third-order valence-corrected chi connectivity index (χ3v) is 5.08. The fraction of sp³-hybridized carbons (Fsp3) is 0.385. The quantitative estimate of drug-likeness (QED) is 0.262. The standard InChI is InChI=1S/C26H35N3O3/c1-7-8-9-15-32-23-14-13-20(16-24(23)31-6)18-27-29-25(30)28-26(4,5)22-12-10-11-21(17-22)19(2)3/h10-14,16-18H,2,7-9,15H2,1,3-6H3,(H2,28,29,30). The normalized spacial score (nSPS) is 11.3. The Hall–Kier alpha value is -3.28. The van der Waals surface area contributed by atoms with E-state index in [2.05, 4.69) is 29.3 Å². The summed E-state index contributed by atoms with van der Waals surface area (Å²) in [6.07, 6.45) is 4.86. The molecule has 2 rings (SSSR count). The number of nitrogens with zero attached hydrogens (tertiary/aromatic N) is 1. The van der Waals surface area contributed by atoms with Gasteiger partial charge in [0.15, 0.2) is 11.5 Å². The molecule has 0 fully saturated rings. The lowest BCUT2D eigenvalue weighted by molar-refractivity contribution is 0.230. The van der Waals surface area contributed by atoms with Crippen molar-refractivity contribution in [2.24, 2.45) is 5.10 Å². The number of methoxy groups -OCH3 is 1. The van der Waals surface area contributed by atoms with Crippen molar-refractivity contribution >= 4 is 17.8 Å². The Morgan fingerprint density at radius 3 is 2.62 bits per heavy atom. The average Bonchev–Trinajstić information content (AvgIpc) is 2.77. The average molecular weight is 438 g/mol. The predicted octanol–water partition coefficient (Wildman–Crippen LogP) is 5.87. The van der Waals surface area contributed by atoms with Gasteiger partial charge >= 0.3 is 6.03 Å². The van der Waals surface area contributed by atoms with Gasteiger partial charge in [0.2, 0.25) is 0 Å². The molecule has 0 aliphatic rings. The Labute approximate surface area is 191 Å². The van der Waals surface area contributed by atoms with Crippen LogP contribution in [-0.2, 0) is 5.54 Å². The zero-order valence-corrected chi connectivity index (χ0v) is 19.8. The van der Waals surface area contributed by atoms with Gasteiger partial charge in [-0.3, -0.25) is 0 Å². The molecule has 0 atom stereocenters. The molecule has 32 heavy (non-hydrogen) atoms. The second-order valence-electron chi connectivity index (χ2n) is 8.28. The molecule has 0 saturated carbocycles. The Balaban J connectivity index is 1.96. The van der Waals surface area contributed by atoms with Crippen molar-refractivity contribution in [3.05, 3.63) is 65.7 Å². The van der Waals surface area contributed by atoms with E-state index >= 15 is 0 Å². The topological polar surface area (TPSA) is 72.0 Å². The van der Waals surface area contributed by atoms with E-state index in [1.807, 2.05) is 63.2 Å². The zero-order valence-electron chi connectivity index (χ0n) is 19.8. The first-order valence-electron chi connectivity index (χ1n) is 10.9. The first-order valence-corrected chi connectivity index (χ1v) is 10.9. The number of rotatable bonds is 11. The Morgan fingerprint density at radius 2 is 1.94 bits per heavy atom. The van der Waals surface area contributed by atoms with Gasteiger partial charge in [-0.2, -0.15) is 5.10 Å². The molecule has 0 bridgehead atoms. The molecule has 2 aromatic carbocycles. The van der Waals surface area contributed by atoms with Crippen molar-refractivity contribution in [1.82, 2.24) is 10.7 Å². The lowest BCUT2D eigenvalue weighted by Crippen LogP contribution is -2.45. The van der Waals surface area contributed by atoms with Crippen LogP contribution in [0.1, 0.15) is 63.6 Å².